The number of hydrogen-bond donors (Lipinski definition) is 3. The third kappa shape index (κ3) is 2.56. The van der Waals surface area contributed by atoms with Gasteiger partial charge in [0.2, 0.25) is 0 Å². The van der Waals surface area contributed by atoms with Gasteiger partial charge in [-0.1, -0.05) is 6.07 Å². The third-order valence-corrected chi connectivity index (χ3v) is 4.71. The molecule has 1 amide bonds. The molecule has 1 aromatic rings. The minimum absolute atomic E-state index is 0.0551. The van der Waals surface area contributed by atoms with E-state index in [2.05, 4.69) is 5.32 Å². The fraction of sp³-hybridized carbons (Fsp3) is 0.364. The number of nitrogens with one attached hydrogen (secondary N) is 1. The Balaban J connectivity index is 2.27. The molecular formula is C11H15N3O3S. The number of rotatable bonds is 3. The number of primary amides is 1. The van der Waals surface area contributed by atoms with Crippen LogP contribution in [0.25, 0.3) is 0 Å². The zero-order chi connectivity index (χ0) is 13.3. The first-order chi connectivity index (χ1) is 8.39. The van der Waals surface area contributed by atoms with Crippen LogP contribution in [0.5, 0.6) is 0 Å². The molecule has 1 saturated heterocycles. The summed E-state index contributed by atoms with van der Waals surface area (Å²) in [5.41, 5.74) is 12.1. The van der Waals surface area contributed by atoms with Crippen LogP contribution < -0.4 is 16.8 Å². The van der Waals surface area contributed by atoms with Crippen LogP contribution in [0.1, 0.15) is 16.8 Å². The van der Waals surface area contributed by atoms with E-state index < -0.39 is 15.7 Å². The Morgan fingerprint density at radius 1 is 1.39 bits per heavy atom. The number of hydrogen-bond acceptors (Lipinski definition) is 5. The van der Waals surface area contributed by atoms with Crippen molar-refractivity contribution in [2.75, 3.05) is 22.6 Å². The summed E-state index contributed by atoms with van der Waals surface area (Å²) in [6, 6.07) is 4.60. The van der Waals surface area contributed by atoms with Gasteiger partial charge in [-0.05, 0) is 18.6 Å². The molecule has 0 radical (unpaired) electrons. The number of anilines is 2. The average molecular weight is 269 g/mol. The van der Waals surface area contributed by atoms with E-state index in [1.165, 1.54) is 0 Å². The van der Waals surface area contributed by atoms with Crippen LogP contribution >= 0.6 is 0 Å². The van der Waals surface area contributed by atoms with Crippen molar-refractivity contribution in [1.82, 2.24) is 0 Å². The van der Waals surface area contributed by atoms with Gasteiger partial charge in [-0.15, -0.1) is 0 Å². The van der Waals surface area contributed by atoms with Gasteiger partial charge in [0.1, 0.15) is 0 Å². The molecule has 0 saturated carbocycles. The van der Waals surface area contributed by atoms with Crippen LogP contribution in [0.3, 0.4) is 0 Å². The highest BCUT2D eigenvalue weighted by molar-refractivity contribution is 7.91. The van der Waals surface area contributed by atoms with Crippen molar-refractivity contribution in [2.45, 2.75) is 12.5 Å². The van der Waals surface area contributed by atoms with Gasteiger partial charge in [-0.3, -0.25) is 4.79 Å². The lowest BCUT2D eigenvalue weighted by molar-refractivity contribution is 0.100. The molecule has 5 N–H and O–H groups in total. The minimum atomic E-state index is -2.98. The minimum Gasteiger partial charge on any atom is -0.397 e. The quantitative estimate of drug-likeness (QED) is 0.666. The number of para-hydroxylation sites is 1. The molecule has 18 heavy (non-hydrogen) atoms. The zero-order valence-electron chi connectivity index (χ0n) is 9.72. The molecule has 0 aliphatic carbocycles. The maximum atomic E-state index is 11.4. The molecule has 1 aliphatic rings. The Kier molecular flexibility index (Phi) is 3.16. The first kappa shape index (κ1) is 12.7. The van der Waals surface area contributed by atoms with Crippen LogP contribution in [0.4, 0.5) is 11.4 Å². The monoisotopic (exact) mass is 269 g/mol. The molecule has 1 fully saturated rings. The van der Waals surface area contributed by atoms with Gasteiger partial charge >= 0.3 is 0 Å². The smallest absolute Gasteiger partial charge is 0.250 e. The van der Waals surface area contributed by atoms with Gasteiger partial charge in [-0.2, -0.15) is 0 Å². The standard InChI is InChI=1S/C11H15N3O3S/c12-9-3-1-2-8(11(13)15)10(9)14-7-4-5-18(16,17)6-7/h1-3,7,14H,4-6,12H2,(H2,13,15). The van der Waals surface area contributed by atoms with Gasteiger partial charge in [0.15, 0.2) is 9.84 Å². The molecule has 1 aliphatic heterocycles. The van der Waals surface area contributed by atoms with Crippen molar-refractivity contribution >= 4 is 27.1 Å². The molecule has 6 nitrogen and oxygen atoms in total. The fourth-order valence-electron chi connectivity index (χ4n) is 2.05. The zero-order valence-corrected chi connectivity index (χ0v) is 10.5. The Labute approximate surface area is 105 Å². The number of benzene rings is 1. The molecule has 0 bridgehead atoms. The molecule has 2 rings (SSSR count). The second kappa shape index (κ2) is 4.49. The van der Waals surface area contributed by atoms with E-state index in [0.717, 1.165) is 0 Å². The summed E-state index contributed by atoms with van der Waals surface area (Å²) in [7, 11) is -2.98. The molecule has 1 atom stereocenters. The summed E-state index contributed by atoms with van der Waals surface area (Å²) >= 11 is 0. The largest absolute Gasteiger partial charge is 0.397 e. The van der Waals surface area contributed by atoms with Crippen LogP contribution in [-0.4, -0.2) is 31.9 Å². The summed E-state index contributed by atoms with van der Waals surface area (Å²) in [4.78, 5) is 11.3. The topological polar surface area (TPSA) is 115 Å². The molecule has 1 unspecified atom stereocenters. The van der Waals surface area contributed by atoms with E-state index in [1.54, 1.807) is 18.2 Å². The van der Waals surface area contributed by atoms with E-state index in [-0.39, 0.29) is 23.1 Å². The predicted octanol–water partition coefficient (Wildman–Crippen LogP) is -0.0333. The normalized spacial score (nSPS) is 21.7. The van der Waals surface area contributed by atoms with Crippen molar-refractivity contribution in [3.63, 3.8) is 0 Å². The van der Waals surface area contributed by atoms with Gasteiger partial charge in [0, 0.05) is 6.04 Å². The Morgan fingerprint density at radius 2 is 2.11 bits per heavy atom. The molecule has 1 heterocycles. The first-order valence-electron chi connectivity index (χ1n) is 5.54. The summed E-state index contributed by atoms with van der Waals surface area (Å²) in [6.07, 6.45) is 0.509. The Morgan fingerprint density at radius 3 is 2.67 bits per heavy atom. The van der Waals surface area contributed by atoms with Crippen LogP contribution in [-0.2, 0) is 9.84 Å². The summed E-state index contributed by atoms with van der Waals surface area (Å²) in [6.45, 7) is 0. The molecule has 0 aromatic heterocycles. The van der Waals surface area contributed by atoms with Crippen LogP contribution in [0, 0.1) is 0 Å². The third-order valence-electron chi connectivity index (χ3n) is 2.94. The average Bonchev–Trinajstić information content (AvgIpc) is 2.61. The first-order valence-corrected chi connectivity index (χ1v) is 7.36. The highest BCUT2D eigenvalue weighted by Gasteiger charge is 2.28. The maximum Gasteiger partial charge on any atom is 0.250 e. The summed E-state index contributed by atoms with van der Waals surface area (Å²) in [5.74, 6) is -0.381. The SMILES string of the molecule is NC(=O)c1cccc(N)c1NC1CCS(=O)(=O)C1. The number of carbonyl (C=O) groups is 1. The van der Waals surface area contributed by atoms with E-state index in [4.69, 9.17) is 11.5 Å². The Hall–Kier alpha value is -1.76. The van der Waals surface area contributed by atoms with Crippen molar-refractivity contribution in [3.8, 4) is 0 Å². The number of nitrogens with two attached hydrogens (primary N) is 2. The number of nitrogen functional groups attached to an aromatic ring is 1. The van der Waals surface area contributed by atoms with Crippen molar-refractivity contribution < 1.29 is 13.2 Å². The Bertz CT molecular complexity index is 583. The van der Waals surface area contributed by atoms with E-state index in [9.17, 15) is 13.2 Å². The van der Waals surface area contributed by atoms with E-state index in [1.807, 2.05) is 0 Å². The lowest BCUT2D eigenvalue weighted by Crippen LogP contribution is -2.24. The lowest BCUT2D eigenvalue weighted by atomic mass is 10.1. The van der Waals surface area contributed by atoms with Crippen molar-refractivity contribution in [2.24, 2.45) is 5.73 Å². The summed E-state index contributed by atoms with van der Waals surface area (Å²) in [5, 5.41) is 3.01. The summed E-state index contributed by atoms with van der Waals surface area (Å²) < 4.78 is 22.7. The highest BCUT2D eigenvalue weighted by atomic mass is 32.2. The van der Waals surface area contributed by atoms with Gasteiger partial charge in [0.25, 0.3) is 5.91 Å². The van der Waals surface area contributed by atoms with Crippen molar-refractivity contribution in [3.05, 3.63) is 23.8 Å². The van der Waals surface area contributed by atoms with Crippen LogP contribution in [0.2, 0.25) is 0 Å². The predicted molar refractivity (Wildman–Crippen MR) is 70.1 cm³/mol. The number of carbonyl (C=O) groups excluding carboxylic acids is 1. The molecule has 0 spiro atoms. The second-order valence-corrected chi connectivity index (χ2v) is 6.61. The van der Waals surface area contributed by atoms with Gasteiger partial charge in [-0.25, -0.2) is 8.42 Å². The van der Waals surface area contributed by atoms with Crippen LogP contribution in [0.15, 0.2) is 18.2 Å². The fourth-order valence-corrected chi connectivity index (χ4v) is 3.72. The second-order valence-electron chi connectivity index (χ2n) is 4.38. The van der Waals surface area contributed by atoms with Crippen molar-refractivity contribution in [1.29, 1.82) is 0 Å². The molecule has 7 heteroatoms. The maximum absolute atomic E-state index is 11.4. The number of amides is 1. The number of sulfone groups is 1. The van der Waals surface area contributed by atoms with E-state index in [0.29, 0.717) is 17.8 Å². The van der Waals surface area contributed by atoms with E-state index >= 15 is 0 Å². The van der Waals surface area contributed by atoms with Gasteiger partial charge in [0.05, 0.1) is 28.4 Å². The highest BCUT2D eigenvalue weighted by Crippen LogP contribution is 2.26. The molecular weight excluding hydrogens is 254 g/mol. The van der Waals surface area contributed by atoms with Gasteiger partial charge < -0.3 is 16.8 Å². The molecule has 98 valence electrons. The molecule has 1 aromatic carbocycles. The lowest BCUT2D eigenvalue weighted by Gasteiger charge is -2.16.